The third-order valence-electron chi connectivity index (χ3n) is 8.52. The second kappa shape index (κ2) is 8.09. The molecule has 7 aromatic rings. The lowest BCUT2D eigenvalue weighted by Gasteiger charge is -2.22. The van der Waals surface area contributed by atoms with E-state index in [9.17, 15) is 0 Å². The average Bonchev–Trinajstić information content (AvgIpc) is 3.23. The van der Waals surface area contributed by atoms with Gasteiger partial charge < -0.3 is 0 Å². The molecule has 2 nitrogen and oxygen atoms in total. The van der Waals surface area contributed by atoms with Crippen molar-refractivity contribution in [2.24, 2.45) is 0 Å². The highest BCUT2D eigenvalue weighted by Crippen LogP contribution is 2.49. The molecule has 0 radical (unpaired) electrons. The van der Waals surface area contributed by atoms with E-state index in [1.807, 2.05) is 6.20 Å². The smallest absolute Gasteiger partial charge is 0.0979 e. The second-order valence-electron chi connectivity index (χ2n) is 11.1. The van der Waals surface area contributed by atoms with Gasteiger partial charge in [-0.1, -0.05) is 123 Å². The molecular weight excluding hydrogens is 472 g/mol. The maximum absolute atomic E-state index is 5.15. The first-order chi connectivity index (χ1) is 19.1. The minimum atomic E-state index is -0.00446. The zero-order valence-corrected chi connectivity index (χ0v) is 21.9. The first-order valence-corrected chi connectivity index (χ1v) is 13.5. The normalized spacial score (nSPS) is 13.6. The molecule has 0 saturated heterocycles. The fourth-order valence-corrected chi connectivity index (χ4v) is 6.48. The highest BCUT2D eigenvalue weighted by Gasteiger charge is 2.35. The third kappa shape index (κ3) is 3.21. The van der Waals surface area contributed by atoms with Gasteiger partial charge in [0.05, 0.1) is 22.9 Å². The van der Waals surface area contributed by atoms with Crippen LogP contribution in [0.4, 0.5) is 0 Å². The monoisotopic (exact) mass is 498 g/mol. The van der Waals surface area contributed by atoms with Crippen LogP contribution in [0, 0.1) is 0 Å². The summed E-state index contributed by atoms with van der Waals surface area (Å²) in [5, 5.41) is 4.71. The Labute approximate surface area is 227 Å². The van der Waals surface area contributed by atoms with Gasteiger partial charge in [0.1, 0.15) is 0 Å². The fourth-order valence-electron chi connectivity index (χ4n) is 6.48. The van der Waals surface area contributed by atoms with Crippen LogP contribution in [0.2, 0.25) is 0 Å². The molecule has 8 rings (SSSR count). The molecule has 1 aromatic heterocycles. The third-order valence-corrected chi connectivity index (χ3v) is 8.52. The number of benzene rings is 6. The van der Waals surface area contributed by atoms with Crippen molar-refractivity contribution in [1.29, 1.82) is 0 Å². The van der Waals surface area contributed by atoms with E-state index in [1.165, 1.54) is 44.2 Å². The maximum Gasteiger partial charge on any atom is 0.0979 e. The number of hydrogen-bond donors (Lipinski definition) is 0. The first kappa shape index (κ1) is 22.2. The van der Waals surface area contributed by atoms with Crippen molar-refractivity contribution in [3.05, 3.63) is 133 Å². The van der Waals surface area contributed by atoms with Gasteiger partial charge in [0.25, 0.3) is 0 Å². The topological polar surface area (TPSA) is 25.8 Å². The van der Waals surface area contributed by atoms with E-state index < -0.39 is 0 Å². The molecule has 1 aliphatic rings. The van der Waals surface area contributed by atoms with Gasteiger partial charge in [0, 0.05) is 21.8 Å². The van der Waals surface area contributed by atoms with Gasteiger partial charge in [-0.25, -0.2) is 4.98 Å². The van der Waals surface area contributed by atoms with Crippen molar-refractivity contribution in [3.8, 4) is 33.5 Å². The van der Waals surface area contributed by atoms with E-state index in [4.69, 9.17) is 9.97 Å². The van der Waals surface area contributed by atoms with E-state index >= 15 is 0 Å². The van der Waals surface area contributed by atoms with Gasteiger partial charge in [-0.2, -0.15) is 0 Å². The number of nitrogens with zero attached hydrogens (tertiary/aromatic N) is 2. The van der Waals surface area contributed by atoms with Gasteiger partial charge in [0.15, 0.2) is 0 Å². The zero-order valence-electron chi connectivity index (χ0n) is 21.9. The minimum Gasteiger partial charge on any atom is -0.252 e. The van der Waals surface area contributed by atoms with Crippen LogP contribution in [-0.4, -0.2) is 9.97 Å². The van der Waals surface area contributed by atoms with Crippen LogP contribution in [0.3, 0.4) is 0 Å². The molecule has 184 valence electrons. The van der Waals surface area contributed by atoms with Crippen LogP contribution in [-0.2, 0) is 5.41 Å². The largest absolute Gasteiger partial charge is 0.252 e. The Balaban J connectivity index is 1.21. The predicted octanol–water partition coefficient (Wildman–Crippen LogP) is 9.58. The summed E-state index contributed by atoms with van der Waals surface area (Å²) in [7, 11) is 0. The van der Waals surface area contributed by atoms with E-state index in [-0.39, 0.29) is 5.41 Å². The Morgan fingerprint density at radius 3 is 1.79 bits per heavy atom. The van der Waals surface area contributed by atoms with E-state index in [1.54, 1.807) is 0 Å². The van der Waals surface area contributed by atoms with E-state index in [2.05, 4.69) is 129 Å². The van der Waals surface area contributed by atoms with Gasteiger partial charge in [-0.15, -0.1) is 0 Å². The molecular formula is C37H26N2. The highest BCUT2D eigenvalue weighted by atomic mass is 14.8. The first-order valence-electron chi connectivity index (χ1n) is 13.5. The lowest BCUT2D eigenvalue weighted by molar-refractivity contribution is 0.660. The molecule has 39 heavy (non-hydrogen) atoms. The molecule has 0 bridgehead atoms. The molecule has 6 aromatic carbocycles. The Kier molecular flexibility index (Phi) is 4.60. The Morgan fingerprint density at radius 1 is 0.487 bits per heavy atom. The van der Waals surface area contributed by atoms with Crippen molar-refractivity contribution in [2.75, 3.05) is 0 Å². The van der Waals surface area contributed by atoms with Gasteiger partial charge in [-0.3, -0.25) is 4.98 Å². The van der Waals surface area contributed by atoms with Crippen molar-refractivity contribution in [1.82, 2.24) is 9.97 Å². The average molecular weight is 499 g/mol. The lowest BCUT2D eigenvalue weighted by atomic mass is 9.81. The standard InChI is InChI=1S/C37H26N2/c1-37(2)32-14-8-7-11-28(32)29-20-19-25(21-33(29)37)23-15-17-24(18-16-23)34-22-38-35-30-12-5-3-9-26(30)27-10-4-6-13-31(27)36(35)39-34/h3-22H,1-2H3. The molecule has 0 saturated carbocycles. The van der Waals surface area contributed by atoms with Crippen LogP contribution in [0.5, 0.6) is 0 Å². The molecule has 0 fully saturated rings. The second-order valence-corrected chi connectivity index (χ2v) is 11.1. The van der Waals surface area contributed by atoms with Crippen LogP contribution in [0.25, 0.3) is 66.1 Å². The Hall–Kier alpha value is -4.82. The number of fused-ring (bicyclic) bond motifs is 9. The summed E-state index contributed by atoms with van der Waals surface area (Å²) < 4.78 is 0. The van der Waals surface area contributed by atoms with Crippen LogP contribution in [0.1, 0.15) is 25.0 Å². The molecule has 0 N–H and O–H groups in total. The summed E-state index contributed by atoms with van der Waals surface area (Å²) in [5.74, 6) is 0. The molecule has 0 atom stereocenters. The molecule has 0 unspecified atom stereocenters. The van der Waals surface area contributed by atoms with Gasteiger partial charge in [-0.05, 0) is 50.2 Å². The number of aromatic nitrogens is 2. The van der Waals surface area contributed by atoms with Crippen molar-refractivity contribution >= 4 is 32.6 Å². The zero-order chi connectivity index (χ0) is 26.1. The van der Waals surface area contributed by atoms with Gasteiger partial charge >= 0.3 is 0 Å². The molecule has 0 amide bonds. The van der Waals surface area contributed by atoms with Crippen LogP contribution >= 0.6 is 0 Å². The summed E-state index contributed by atoms with van der Waals surface area (Å²) in [6.07, 6.45) is 1.91. The molecule has 2 heteroatoms. The van der Waals surface area contributed by atoms with E-state index in [0.717, 1.165) is 33.1 Å². The number of hydrogen-bond acceptors (Lipinski definition) is 2. The predicted molar refractivity (Wildman–Crippen MR) is 163 cm³/mol. The SMILES string of the molecule is CC1(C)c2ccccc2-c2ccc(-c3ccc(-c4cnc5c6ccccc6c6ccccc6c5n4)cc3)cc21. The molecule has 0 aliphatic heterocycles. The minimum absolute atomic E-state index is 0.00446. The lowest BCUT2D eigenvalue weighted by Crippen LogP contribution is -2.14. The quantitative estimate of drug-likeness (QED) is 0.222. The van der Waals surface area contributed by atoms with Crippen LogP contribution < -0.4 is 0 Å². The summed E-state index contributed by atoms with van der Waals surface area (Å²) in [5.41, 5.74) is 11.8. The van der Waals surface area contributed by atoms with Crippen molar-refractivity contribution < 1.29 is 0 Å². The summed E-state index contributed by atoms with van der Waals surface area (Å²) in [4.78, 5) is 10.1. The van der Waals surface area contributed by atoms with E-state index in [0.29, 0.717) is 0 Å². The van der Waals surface area contributed by atoms with Crippen LogP contribution in [0.15, 0.2) is 121 Å². The summed E-state index contributed by atoms with van der Waals surface area (Å²) in [6.45, 7) is 4.66. The van der Waals surface area contributed by atoms with Gasteiger partial charge in [0.2, 0.25) is 0 Å². The molecule has 0 spiro atoms. The fraction of sp³-hybridized carbons (Fsp3) is 0.0811. The maximum atomic E-state index is 5.15. The Morgan fingerprint density at radius 2 is 1.05 bits per heavy atom. The number of rotatable bonds is 2. The van der Waals surface area contributed by atoms with Crippen molar-refractivity contribution in [3.63, 3.8) is 0 Å². The molecule has 1 aliphatic carbocycles. The Bertz CT molecular complexity index is 2050. The highest BCUT2D eigenvalue weighted by molar-refractivity contribution is 6.23. The summed E-state index contributed by atoms with van der Waals surface area (Å²) in [6, 6.07) is 41.4. The summed E-state index contributed by atoms with van der Waals surface area (Å²) >= 11 is 0. The van der Waals surface area contributed by atoms with Crippen molar-refractivity contribution in [2.45, 2.75) is 19.3 Å². The molecule has 1 heterocycles.